The van der Waals surface area contributed by atoms with Gasteiger partial charge in [0.1, 0.15) is 0 Å². The molecule has 0 amide bonds. The van der Waals surface area contributed by atoms with Crippen LogP contribution >= 0.6 is 0 Å². The van der Waals surface area contributed by atoms with Crippen molar-refractivity contribution in [2.45, 2.75) is 111 Å². The highest BCUT2D eigenvalue weighted by Crippen LogP contribution is 2.18. The number of esters is 2. The van der Waals surface area contributed by atoms with E-state index < -0.39 is 0 Å². The molecule has 1 unspecified atom stereocenters. The van der Waals surface area contributed by atoms with E-state index in [0.29, 0.717) is 13.2 Å². The topological polar surface area (TPSA) is 52.6 Å². The molecule has 4 heteroatoms. The quantitative estimate of drug-likeness (QED) is 0.212. The second-order valence-electron chi connectivity index (χ2n) is 7.26. The summed E-state index contributed by atoms with van der Waals surface area (Å²) in [6.45, 7) is 7.26. The lowest BCUT2D eigenvalue weighted by molar-refractivity contribution is -0.155. The lowest BCUT2D eigenvalue weighted by Gasteiger charge is -2.15. The van der Waals surface area contributed by atoms with Crippen molar-refractivity contribution >= 4 is 11.9 Å². The molecule has 4 nitrogen and oxygen atoms in total. The van der Waals surface area contributed by atoms with E-state index in [2.05, 4.69) is 20.8 Å². The van der Waals surface area contributed by atoms with Crippen LogP contribution in [0, 0.1) is 5.92 Å². The van der Waals surface area contributed by atoms with E-state index in [1.807, 2.05) is 0 Å². The molecule has 0 bridgehead atoms. The van der Waals surface area contributed by atoms with Gasteiger partial charge in [-0.15, -0.1) is 0 Å². The van der Waals surface area contributed by atoms with Gasteiger partial charge >= 0.3 is 11.9 Å². The molecule has 0 aliphatic heterocycles. The van der Waals surface area contributed by atoms with Gasteiger partial charge < -0.3 is 9.47 Å². The molecule has 154 valence electrons. The molecule has 0 fully saturated rings. The Balaban J connectivity index is 4.14. The normalized spacial score (nSPS) is 12.0. The number of unbranched alkanes of at least 4 members (excludes halogenated alkanes) is 9. The molecule has 0 rings (SSSR count). The van der Waals surface area contributed by atoms with Crippen molar-refractivity contribution in [1.82, 2.24) is 0 Å². The Kier molecular flexibility index (Phi) is 18.0. The Hall–Kier alpha value is -1.06. The zero-order valence-corrected chi connectivity index (χ0v) is 17.5. The maximum atomic E-state index is 12.3. The standard InChI is InChI=1S/C22H42O4/c1-4-7-10-11-12-13-14-15-16-20(22(24)26-18-9-6-3)19-21(23)25-17-8-5-2/h20H,4-19H2,1-3H3. The van der Waals surface area contributed by atoms with Crippen LogP contribution in [0.5, 0.6) is 0 Å². The van der Waals surface area contributed by atoms with Crippen molar-refractivity contribution in [1.29, 1.82) is 0 Å². The van der Waals surface area contributed by atoms with Gasteiger partial charge in [0.25, 0.3) is 0 Å². The average molecular weight is 371 g/mol. The van der Waals surface area contributed by atoms with Crippen LogP contribution < -0.4 is 0 Å². The first-order valence-electron chi connectivity index (χ1n) is 11.0. The summed E-state index contributed by atoms with van der Waals surface area (Å²) in [7, 11) is 0. The number of hydrogen-bond acceptors (Lipinski definition) is 4. The third-order valence-electron chi connectivity index (χ3n) is 4.66. The summed E-state index contributed by atoms with van der Waals surface area (Å²) in [5, 5.41) is 0. The van der Waals surface area contributed by atoms with E-state index in [-0.39, 0.29) is 24.3 Å². The van der Waals surface area contributed by atoms with Gasteiger partial charge in [-0.3, -0.25) is 9.59 Å². The van der Waals surface area contributed by atoms with Crippen molar-refractivity contribution in [2.75, 3.05) is 13.2 Å². The molecule has 0 N–H and O–H groups in total. The van der Waals surface area contributed by atoms with Crippen LogP contribution in [0.2, 0.25) is 0 Å². The lowest BCUT2D eigenvalue weighted by atomic mass is 9.97. The molecule has 0 aliphatic carbocycles. The minimum atomic E-state index is -0.346. The fourth-order valence-corrected chi connectivity index (χ4v) is 2.85. The van der Waals surface area contributed by atoms with Crippen LogP contribution in [0.1, 0.15) is 111 Å². The average Bonchev–Trinajstić information content (AvgIpc) is 2.63. The predicted molar refractivity (Wildman–Crippen MR) is 107 cm³/mol. The molecule has 0 aromatic heterocycles. The maximum absolute atomic E-state index is 12.3. The first kappa shape index (κ1) is 24.9. The van der Waals surface area contributed by atoms with Crippen LogP contribution in [0.4, 0.5) is 0 Å². The van der Waals surface area contributed by atoms with Crippen LogP contribution in [-0.2, 0) is 19.1 Å². The Morgan fingerprint density at radius 3 is 1.73 bits per heavy atom. The Labute approximate surface area is 161 Å². The van der Waals surface area contributed by atoms with Crippen molar-refractivity contribution in [3.8, 4) is 0 Å². The van der Waals surface area contributed by atoms with E-state index in [4.69, 9.17) is 9.47 Å². The zero-order valence-electron chi connectivity index (χ0n) is 17.5. The van der Waals surface area contributed by atoms with Gasteiger partial charge in [0.2, 0.25) is 0 Å². The van der Waals surface area contributed by atoms with Crippen LogP contribution in [0.25, 0.3) is 0 Å². The molecule has 0 aromatic rings. The van der Waals surface area contributed by atoms with Crippen molar-refractivity contribution in [3.63, 3.8) is 0 Å². The molecule has 0 spiro atoms. The highest BCUT2D eigenvalue weighted by molar-refractivity contribution is 5.79. The van der Waals surface area contributed by atoms with E-state index in [1.54, 1.807) is 0 Å². The van der Waals surface area contributed by atoms with E-state index >= 15 is 0 Å². The Morgan fingerprint density at radius 1 is 0.654 bits per heavy atom. The number of carbonyl (C=O) groups excluding carboxylic acids is 2. The third kappa shape index (κ3) is 15.2. The van der Waals surface area contributed by atoms with Crippen molar-refractivity contribution in [3.05, 3.63) is 0 Å². The zero-order chi connectivity index (χ0) is 19.5. The predicted octanol–water partition coefficient (Wildman–Crippen LogP) is 6.21. The van der Waals surface area contributed by atoms with Gasteiger partial charge in [0.15, 0.2) is 0 Å². The Bertz CT molecular complexity index is 341. The third-order valence-corrected chi connectivity index (χ3v) is 4.66. The van der Waals surface area contributed by atoms with Gasteiger partial charge in [0, 0.05) is 0 Å². The molecule has 1 atom stereocenters. The van der Waals surface area contributed by atoms with E-state index in [9.17, 15) is 9.59 Å². The lowest BCUT2D eigenvalue weighted by Crippen LogP contribution is -2.23. The first-order valence-corrected chi connectivity index (χ1v) is 11.0. The highest BCUT2D eigenvalue weighted by atomic mass is 16.5. The van der Waals surface area contributed by atoms with Crippen molar-refractivity contribution < 1.29 is 19.1 Å². The van der Waals surface area contributed by atoms with Crippen LogP contribution in [0.3, 0.4) is 0 Å². The number of rotatable bonds is 18. The fraction of sp³-hybridized carbons (Fsp3) is 0.909. The fourth-order valence-electron chi connectivity index (χ4n) is 2.85. The molecule has 0 aliphatic rings. The minimum Gasteiger partial charge on any atom is -0.466 e. The molecule has 0 radical (unpaired) electrons. The molecule has 26 heavy (non-hydrogen) atoms. The highest BCUT2D eigenvalue weighted by Gasteiger charge is 2.23. The maximum Gasteiger partial charge on any atom is 0.309 e. The SMILES string of the molecule is CCCCCCCCCCC(CC(=O)OCCCC)C(=O)OCCCC. The molecule has 0 heterocycles. The first-order chi connectivity index (χ1) is 12.7. The number of hydrogen-bond donors (Lipinski definition) is 0. The van der Waals surface area contributed by atoms with Crippen LogP contribution in [-0.4, -0.2) is 25.2 Å². The summed E-state index contributed by atoms with van der Waals surface area (Å²) in [5.74, 6) is -0.842. The molecular formula is C22H42O4. The van der Waals surface area contributed by atoms with Gasteiger partial charge in [-0.25, -0.2) is 0 Å². The van der Waals surface area contributed by atoms with Gasteiger partial charge in [-0.2, -0.15) is 0 Å². The summed E-state index contributed by atoms with van der Waals surface area (Å²) in [6.07, 6.45) is 14.4. The minimum absolute atomic E-state index is 0.158. The molecule has 0 saturated heterocycles. The molecular weight excluding hydrogens is 328 g/mol. The van der Waals surface area contributed by atoms with E-state index in [0.717, 1.165) is 44.9 Å². The van der Waals surface area contributed by atoms with E-state index in [1.165, 1.54) is 38.5 Å². The summed E-state index contributed by atoms with van der Waals surface area (Å²) >= 11 is 0. The number of carbonyl (C=O) groups is 2. The number of ether oxygens (including phenoxy) is 2. The second kappa shape index (κ2) is 18.7. The van der Waals surface area contributed by atoms with Gasteiger partial charge in [-0.1, -0.05) is 85.0 Å². The van der Waals surface area contributed by atoms with Gasteiger partial charge in [0.05, 0.1) is 25.6 Å². The molecule has 0 aromatic carbocycles. The van der Waals surface area contributed by atoms with Crippen molar-refractivity contribution in [2.24, 2.45) is 5.92 Å². The smallest absolute Gasteiger partial charge is 0.309 e. The molecule has 0 saturated carbocycles. The summed E-state index contributed by atoms with van der Waals surface area (Å²) in [5.41, 5.74) is 0. The largest absolute Gasteiger partial charge is 0.466 e. The Morgan fingerprint density at radius 2 is 1.15 bits per heavy atom. The summed E-state index contributed by atoms with van der Waals surface area (Å²) < 4.78 is 10.6. The van der Waals surface area contributed by atoms with Crippen LogP contribution in [0.15, 0.2) is 0 Å². The monoisotopic (exact) mass is 370 g/mol. The summed E-state index contributed by atoms with van der Waals surface area (Å²) in [4.78, 5) is 24.3. The second-order valence-corrected chi connectivity index (χ2v) is 7.26. The summed E-state index contributed by atoms with van der Waals surface area (Å²) in [6, 6.07) is 0. The van der Waals surface area contributed by atoms with Gasteiger partial charge in [-0.05, 0) is 19.3 Å².